The van der Waals surface area contributed by atoms with Gasteiger partial charge < -0.3 is 19.1 Å². The number of amides is 1. The van der Waals surface area contributed by atoms with Gasteiger partial charge in [-0.15, -0.1) is 0 Å². The molecule has 0 N–H and O–H groups in total. The molecule has 1 fully saturated rings. The van der Waals surface area contributed by atoms with E-state index in [4.69, 9.17) is 4.74 Å². The Balaban J connectivity index is 1.41. The lowest BCUT2D eigenvalue weighted by molar-refractivity contribution is 0.0785. The van der Waals surface area contributed by atoms with Gasteiger partial charge in [0.2, 0.25) is 0 Å². The first-order valence-corrected chi connectivity index (χ1v) is 10.5. The summed E-state index contributed by atoms with van der Waals surface area (Å²) in [4.78, 5) is 17.0. The standard InChI is InChI=1S/C25H29N3O2/c1-19-4-5-20(2)28(19)24-12-8-22(9-13-24)25(29)26(3)18-21-6-10-23(11-7-21)27-14-16-30-17-15-27/h4-13H,14-18H2,1-3H3. The summed E-state index contributed by atoms with van der Waals surface area (Å²) in [6.45, 7) is 8.17. The molecule has 156 valence electrons. The maximum absolute atomic E-state index is 12.9. The molecule has 30 heavy (non-hydrogen) atoms. The third kappa shape index (κ3) is 4.26. The van der Waals surface area contributed by atoms with Crippen molar-refractivity contribution in [1.29, 1.82) is 0 Å². The first-order valence-electron chi connectivity index (χ1n) is 10.5. The van der Waals surface area contributed by atoms with Crippen LogP contribution in [0.5, 0.6) is 0 Å². The fraction of sp³-hybridized carbons (Fsp3) is 0.320. The van der Waals surface area contributed by atoms with Crippen LogP contribution in [0.25, 0.3) is 5.69 Å². The van der Waals surface area contributed by atoms with Crippen LogP contribution in [0.15, 0.2) is 60.7 Å². The van der Waals surface area contributed by atoms with Crippen molar-refractivity contribution in [1.82, 2.24) is 9.47 Å². The van der Waals surface area contributed by atoms with Gasteiger partial charge >= 0.3 is 0 Å². The normalized spacial score (nSPS) is 14.0. The summed E-state index contributed by atoms with van der Waals surface area (Å²) in [7, 11) is 1.85. The Kier molecular flexibility index (Phi) is 5.91. The van der Waals surface area contributed by atoms with Gasteiger partial charge in [-0.2, -0.15) is 0 Å². The molecular weight excluding hydrogens is 374 g/mol. The summed E-state index contributed by atoms with van der Waals surface area (Å²) in [5, 5.41) is 0. The third-order valence-electron chi connectivity index (χ3n) is 5.72. The van der Waals surface area contributed by atoms with Gasteiger partial charge in [-0.1, -0.05) is 12.1 Å². The van der Waals surface area contributed by atoms with Crippen LogP contribution in [0.2, 0.25) is 0 Å². The van der Waals surface area contributed by atoms with E-state index in [9.17, 15) is 4.79 Å². The van der Waals surface area contributed by atoms with Gasteiger partial charge in [-0.3, -0.25) is 4.79 Å². The molecule has 5 heteroatoms. The Bertz CT molecular complexity index is 980. The van der Waals surface area contributed by atoms with E-state index in [1.54, 1.807) is 4.90 Å². The minimum absolute atomic E-state index is 0.0276. The molecule has 1 aliphatic heterocycles. The number of rotatable bonds is 5. The van der Waals surface area contributed by atoms with E-state index < -0.39 is 0 Å². The number of aromatic nitrogens is 1. The third-order valence-corrected chi connectivity index (χ3v) is 5.72. The van der Waals surface area contributed by atoms with E-state index in [2.05, 4.69) is 59.7 Å². The quantitative estimate of drug-likeness (QED) is 0.641. The lowest BCUT2D eigenvalue weighted by Crippen LogP contribution is -2.36. The average molecular weight is 404 g/mol. The van der Waals surface area contributed by atoms with Crippen molar-refractivity contribution in [3.8, 4) is 5.69 Å². The fourth-order valence-corrected chi connectivity index (χ4v) is 4.03. The van der Waals surface area contributed by atoms with Gasteiger partial charge in [-0.25, -0.2) is 0 Å². The molecule has 1 aliphatic rings. The van der Waals surface area contributed by atoms with Crippen LogP contribution in [-0.2, 0) is 11.3 Å². The van der Waals surface area contributed by atoms with Gasteiger partial charge in [0.1, 0.15) is 0 Å². The highest BCUT2D eigenvalue weighted by atomic mass is 16.5. The van der Waals surface area contributed by atoms with Crippen LogP contribution in [0.3, 0.4) is 0 Å². The molecule has 5 nitrogen and oxygen atoms in total. The lowest BCUT2D eigenvalue weighted by atomic mass is 10.1. The van der Waals surface area contributed by atoms with Crippen molar-refractivity contribution in [3.05, 3.63) is 83.2 Å². The Morgan fingerprint density at radius 3 is 2.03 bits per heavy atom. The summed E-state index contributed by atoms with van der Waals surface area (Å²) in [6, 6.07) is 20.5. The molecule has 0 saturated carbocycles. The maximum atomic E-state index is 12.9. The zero-order valence-corrected chi connectivity index (χ0v) is 18.0. The van der Waals surface area contributed by atoms with E-state index in [1.165, 1.54) is 17.1 Å². The van der Waals surface area contributed by atoms with Gasteiger partial charge in [0.05, 0.1) is 13.2 Å². The number of carbonyl (C=O) groups is 1. The molecule has 4 rings (SSSR count). The predicted molar refractivity (Wildman–Crippen MR) is 121 cm³/mol. The Morgan fingerprint density at radius 2 is 1.43 bits per heavy atom. The number of morpholine rings is 1. The van der Waals surface area contributed by atoms with E-state index in [0.717, 1.165) is 37.6 Å². The topological polar surface area (TPSA) is 37.7 Å². The molecule has 0 radical (unpaired) electrons. The van der Waals surface area contributed by atoms with Crippen molar-refractivity contribution in [2.24, 2.45) is 0 Å². The van der Waals surface area contributed by atoms with Crippen LogP contribution < -0.4 is 4.90 Å². The highest BCUT2D eigenvalue weighted by Gasteiger charge is 2.14. The number of carbonyl (C=O) groups excluding carboxylic acids is 1. The van der Waals surface area contributed by atoms with Crippen molar-refractivity contribution in [3.63, 3.8) is 0 Å². The molecular formula is C25H29N3O2. The van der Waals surface area contributed by atoms with Crippen LogP contribution in [0, 0.1) is 13.8 Å². The first-order chi connectivity index (χ1) is 14.5. The van der Waals surface area contributed by atoms with E-state index >= 15 is 0 Å². The Morgan fingerprint density at radius 1 is 0.867 bits per heavy atom. The second kappa shape index (κ2) is 8.76. The molecule has 0 bridgehead atoms. The Hall–Kier alpha value is -3.05. The maximum Gasteiger partial charge on any atom is 0.253 e. The van der Waals surface area contributed by atoms with Gasteiger partial charge in [0.15, 0.2) is 0 Å². The number of benzene rings is 2. The summed E-state index contributed by atoms with van der Waals surface area (Å²) in [6.07, 6.45) is 0. The molecule has 1 amide bonds. The zero-order valence-electron chi connectivity index (χ0n) is 18.0. The monoisotopic (exact) mass is 403 g/mol. The summed E-state index contributed by atoms with van der Waals surface area (Å²) < 4.78 is 7.61. The Labute approximate surface area is 178 Å². The second-order valence-corrected chi connectivity index (χ2v) is 7.93. The van der Waals surface area contributed by atoms with Crippen LogP contribution in [-0.4, -0.2) is 48.7 Å². The lowest BCUT2D eigenvalue weighted by Gasteiger charge is -2.29. The zero-order chi connectivity index (χ0) is 21.1. The molecule has 2 heterocycles. The molecule has 2 aromatic carbocycles. The van der Waals surface area contributed by atoms with E-state index in [-0.39, 0.29) is 5.91 Å². The molecule has 0 spiro atoms. The number of aryl methyl sites for hydroxylation is 2. The second-order valence-electron chi connectivity index (χ2n) is 7.93. The van der Waals surface area contributed by atoms with Crippen LogP contribution >= 0.6 is 0 Å². The van der Waals surface area contributed by atoms with E-state index in [1.807, 2.05) is 31.3 Å². The first kappa shape index (κ1) is 20.2. The summed E-state index contributed by atoms with van der Waals surface area (Å²) in [5.41, 5.74) is 6.48. The highest BCUT2D eigenvalue weighted by molar-refractivity contribution is 5.94. The SMILES string of the molecule is Cc1ccc(C)n1-c1ccc(C(=O)N(C)Cc2ccc(N3CCOCC3)cc2)cc1. The van der Waals surface area contributed by atoms with Crippen molar-refractivity contribution in [2.75, 3.05) is 38.3 Å². The van der Waals surface area contributed by atoms with Crippen LogP contribution in [0.1, 0.15) is 27.3 Å². The summed E-state index contributed by atoms with van der Waals surface area (Å²) >= 11 is 0. The molecule has 0 atom stereocenters. The number of hydrogen-bond donors (Lipinski definition) is 0. The highest BCUT2D eigenvalue weighted by Crippen LogP contribution is 2.19. The minimum Gasteiger partial charge on any atom is -0.378 e. The van der Waals surface area contributed by atoms with Gasteiger partial charge in [0.25, 0.3) is 5.91 Å². The predicted octanol–water partition coefficient (Wildman–Crippen LogP) is 4.20. The molecule has 0 unspecified atom stereocenters. The minimum atomic E-state index is 0.0276. The molecule has 1 aromatic heterocycles. The molecule has 3 aromatic rings. The van der Waals surface area contributed by atoms with Crippen LogP contribution in [0.4, 0.5) is 5.69 Å². The number of hydrogen-bond acceptors (Lipinski definition) is 3. The fourth-order valence-electron chi connectivity index (χ4n) is 4.03. The van der Waals surface area contributed by atoms with Crippen molar-refractivity contribution < 1.29 is 9.53 Å². The average Bonchev–Trinajstić information content (AvgIpc) is 3.12. The smallest absolute Gasteiger partial charge is 0.253 e. The van der Waals surface area contributed by atoms with E-state index in [0.29, 0.717) is 12.1 Å². The van der Waals surface area contributed by atoms with Gasteiger partial charge in [0, 0.05) is 55.0 Å². The molecule has 0 aliphatic carbocycles. The number of anilines is 1. The summed E-state index contributed by atoms with van der Waals surface area (Å²) in [5.74, 6) is 0.0276. The number of ether oxygens (including phenoxy) is 1. The van der Waals surface area contributed by atoms with Gasteiger partial charge in [-0.05, 0) is 67.9 Å². The van der Waals surface area contributed by atoms with Crippen molar-refractivity contribution >= 4 is 11.6 Å². The molecule has 1 saturated heterocycles. The number of nitrogens with zero attached hydrogens (tertiary/aromatic N) is 3. The van der Waals surface area contributed by atoms with Crippen molar-refractivity contribution in [2.45, 2.75) is 20.4 Å². The largest absolute Gasteiger partial charge is 0.378 e.